The van der Waals surface area contributed by atoms with Gasteiger partial charge in [0.15, 0.2) is 0 Å². The third-order valence-electron chi connectivity index (χ3n) is 6.93. The number of aromatic nitrogens is 3. The van der Waals surface area contributed by atoms with Gasteiger partial charge in [0.2, 0.25) is 5.91 Å². The van der Waals surface area contributed by atoms with Crippen molar-refractivity contribution >= 4 is 51.0 Å². The second kappa shape index (κ2) is 10.3. The lowest BCUT2D eigenvalue weighted by Crippen LogP contribution is -2.36. The molecule has 1 saturated carbocycles. The predicted octanol–water partition coefficient (Wildman–Crippen LogP) is 5.01. The molecule has 1 aliphatic rings. The number of H-pyrrole nitrogens is 1. The van der Waals surface area contributed by atoms with E-state index in [-0.39, 0.29) is 23.9 Å². The quantitative estimate of drug-likeness (QED) is 0.254. The first-order valence-corrected chi connectivity index (χ1v) is 13.6. The number of benzene rings is 2. The van der Waals surface area contributed by atoms with Crippen molar-refractivity contribution in [3.8, 4) is 17.2 Å². The average Bonchev–Trinajstić information content (AvgIpc) is 3.55. The highest BCUT2D eigenvalue weighted by molar-refractivity contribution is 7.21. The fourth-order valence-corrected chi connectivity index (χ4v) is 6.18. The molecule has 1 aliphatic carbocycles. The Morgan fingerprint density at radius 3 is 2.49 bits per heavy atom. The number of para-hydroxylation sites is 1. The van der Waals surface area contributed by atoms with E-state index >= 15 is 0 Å². The van der Waals surface area contributed by atoms with E-state index in [0.717, 1.165) is 51.3 Å². The maximum Gasteiger partial charge on any atom is 0.263 e. The van der Waals surface area contributed by atoms with Crippen LogP contribution in [0.15, 0.2) is 79.5 Å². The number of carbonyl (C=O) groups is 2. The molecule has 3 heterocycles. The van der Waals surface area contributed by atoms with Crippen LogP contribution in [-0.4, -0.2) is 38.4 Å². The van der Waals surface area contributed by atoms with E-state index in [4.69, 9.17) is 4.74 Å². The van der Waals surface area contributed by atoms with Gasteiger partial charge in [-0.15, -0.1) is 11.3 Å². The lowest BCUT2D eigenvalue weighted by atomic mass is 10.2. The van der Waals surface area contributed by atoms with Gasteiger partial charge < -0.3 is 20.4 Å². The van der Waals surface area contributed by atoms with Crippen molar-refractivity contribution in [1.29, 1.82) is 0 Å². The third kappa shape index (κ3) is 4.84. The minimum absolute atomic E-state index is 0.0163. The summed E-state index contributed by atoms with van der Waals surface area (Å²) in [6, 6.07) is 19.4. The number of hydrogen-bond acceptors (Lipinski definition) is 5. The molecule has 39 heavy (non-hydrogen) atoms. The molecule has 0 saturated heterocycles. The minimum atomic E-state index is -0.190. The zero-order valence-electron chi connectivity index (χ0n) is 21.1. The zero-order valence-corrected chi connectivity index (χ0v) is 22.0. The fourth-order valence-electron chi connectivity index (χ4n) is 5.16. The van der Waals surface area contributed by atoms with Crippen molar-refractivity contribution < 1.29 is 14.3 Å². The van der Waals surface area contributed by atoms with Gasteiger partial charge in [0.1, 0.15) is 26.7 Å². The Hall–Kier alpha value is -4.63. The highest BCUT2D eigenvalue weighted by Gasteiger charge is 2.28. The standard InChI is InChI=1S/C30H27N5O3S/c1-3-25(36)33-19-9-10-20(17-19)34-29(37)28-27-26-24(15-16-31-30(26)39-28)35(18(2)32-27)21-11-13-23(14-12-21)38-22-7-5-4-6-8-22/h3-8,11-16,19-20,32H,1-2,9-10,17H2,(H,33,36)(H,34,37)/t19-,20+/m0/s1. The van der Waals surface area contributed by atoms with E-state index in [9.17, 15) is 9.59 Å². The van der Waals surface area contributed by atoms with Crippen LogP contribution in [0.3, 0.4) is 0 Å². The molecule has 9 heteroatoms. The van der Waals surface area contributed by atoms with Crippen LogP contribution in [0.25, 0.3) is 33.5 Å². The van der Waals surface area contributed by atoms with Gasteiger partial charge >= 0.3 is 0 Å². The second-order valence-corrected chi connectivity index (χ2v) is 10.5. The van der Waals surface area contributed by atoms with Crippen LogP contribution in [-0.2, 0) is 4.79 Å². The van der Waals surface area contributed by atoms with Crippen molar-refractivity contribution in [2.24, 2.45) is 0 Å². The summed E-state index contributed by atoms with van der Waals surface area (Å²) in [6.45, 7) is 7.77. The van der Waals surface area contributed by atoms with Crippen LogP contribution in [0.4, 0.5) is 0 Å². The summed E-state index contributed by atoms with van der Waals surface area (Å²) in [6.07, 6.45) is 5.33. The molecule has 3 N–H and O–H groups in total. The summed E-state index contributed by atoms with van der Waals surface area (Å²) in [5, 5.41) is 6.95. The van der Waals surface area contributed by atoms with Crippen molar-refractivity contribution in [3.05, 3.63) is 89.9 Å². The molecular formula is C30H27N5O3S. The summed E-state index contributed by atoms with van der Waals surface area (Å²) in [4.78, 5) is 34.3. The van der Waals surface area contributed by atoms with Crippen LogP contribution in [0.5, 0.6) is 11.5 Å². The van der Waals surface area contributed by atoms with Gasteiger partial charge in [-0.25, -0.2) is 4.98 Å². The van der Waals surface area contributed by atoms with Gasteiger partial charge in [-0.3, -0.25) is 14.2 Å². The van der Waals surface area contributed by atoms with Gasteiger partial charge in [-0.1, -0.05) is 31.4 Å². The number of carbonyl (C=O) groups excluding carboxylic acids is 2. The zero-order chi connectivity index (χ0) is 26.9. The Labute approximate surface area is 228 Å². The number of ether oxygens (including phenoxy) is 1. The second-order valence-electron chi connectivity index (χ2n) is 9.53. The average molecular weight is 538 g/mol. The van der Waals surface area contributed by atoms with Crippen molar-refractivity contribution in [1.82, 2.24) is 25.2 Å². The molecule has 0 spiro atoms. The molecule has 5 aromatic rings. The lowest BCUT2D eigenvalue weighted by Gasteiger charge is -2.15. The Morgan fingerprint density at radius 2 is 1.74 bits per heavy atom. The molecule has 8 nitrogen and oxygen atoms in total. The first-order valence-electron chi connectivity index (χ1n) is 12.7. The Balaban J connectivity index is 1.29. The maximum absolute atomic E-state index is 13.4. The van der Waals surface area contributed by atoms with Crippen molar-refractivity contribution in [2.45, 2.75) is 31.3 Å². The monoisotopic (exact) mass is 537 g/mol. The molecule has 3 aromatic heterocycles. The number of aromatic amines is 1. The van der Waals surface area contributed by atoms with Gasteiger partial charge in [-0.2, -0.15) is 0 Å². The topological polar surface area (TPSA) is 101 Å². The summed E-state index contributed by atoms with van der Waals surface area (Å²) < 4.78 is 7.96. The first-order chi connectivity index (χ1) is 19.0. The molecule has 6 rings (SSSR count). The summed E-state index contributed by atoms with van der Waals surface area (Å²) in [7, 11) is 0. The minimum Gasteiger partial charge on any atom is -0.457 e. The van der Waals surface area contributed by atoms with Crippen molar-refractivity contribution in [2.75, 3.05) is 0 Å². The molecular weight excluding hydrogens is 510 g/mol. The first kappa shape index (κ1) is 24.7. The SMILES string of the molecule is C=CC(=O)N[C@H]1CC[C@@H](NC(=O)c2sc3nccc4c3c2[nH]c(=C)n4-c2ccc(Oc3ccccc3)cc2)C1. The van der Waals surface area contributed by atoms with Gasteiger partial charge in [0.05, 0.1) is 16.4 Å². The lowest BCUT2D eigenvalue weighted by molar-refractivity contribution is -0.117. The summed E-state index contributed by atoms with van der Waals surface area (Å²) >= 11 is 1.36. The maximum atomic E-state index is 13.4. The van der Waals surface area contributed by atoms with Crippen LogP contribution >= 0.6 is 11.3 Å². The smallest absolute Gasteiger partial charge is 0.263 e. The molecule has 2 atom stereocenters. The van der Waals surface area contributed by atoms with Crippen LogP contribution in [0.1, 0.15) is 28.9 Å². The van der Waals surface area contributed by atoms with Crippen molar-refractivity contribution in [3.63, 3.8) is 0 Å². The van der Waals surface area contributed by atoms with Crippen LogP contribution in [0.2, 0.25) is 0 Å². The summed E-state index contributed by atoms with van der Waals surface area (Å²) in [5.41, 5.74) is 3.16. The van der Waals surface area contributed by atoms with Gasteiger partial charge in [-0.05, 0) is 67.8 Å². The number of pyridine rings is 1. The number of nitrogens with one attached hydrogen (secondary N) is 3. The molecule has 196 valence electrons. The molecule has 2 aromatic carbocycles. The number of amides is 2. The van der Waals surface area contributed by atoms with E-state index in [1.54, 1.807) is 6.20 Å². The van der Waals surface area contributed by atoms with Crippen LogP contribution < -0.4 is 20.9 Å². The molecule has 0 bridgehead atoms. The highest BCUT2D eigenvalue weighted by atomic mass is 32.1. The van der Waals surface area contributed by atoms with Gasteiger partial charge in [0.25, 0.3) is 5.91 Å². The fraction of sp³-hybridized carbons (Fsp3) is 0.167. The predicted molar refractivity (Wildman–Crippen MR) is 154 cm³/mol. The van der Waals surface area contributed by atoms with Gasteiger partial charge in [0, 0.05) is 24.0 Å². The highest BCUT2D eigenvalue weighted by Crippen LogP contribution is 2.34. The van der Waals surface area contributed by atoms with E-state index in [1.807, 2.05) is 65.2 Å². The molecule has 1 fully saturated rings. The Kier molecular flexibility index (Phi) is 6.50. The van der Waals surface area contributed by atoms with E-state index in [0.29, 0.717) is 16.8 Å². The molecule has 0 radical (unpaired) electrons. The number of hydrogen-bond donors (Lipinski definition) is 3. The Bertz CT molecular complexity index is 1750. The number of rotatable bonds is 7. The summed E-state index contributed by atoms with van der Waals surface area (Å²) in [5.74, 6) is 1.16. The normalized spacial score (nSPS) is 16.8. The largest absolute Gasteiger partial charge is 0.457 e. The van der Waals surface area contributed by atoms with E-state index in [2.05, 4.69) is 33.8 Å². The number of thiophene rings is 1. The molecule has 0 unspecified atom stereocenters. The Morgan fingerprint density at radius 1 is 1.03 bits per heavy atom. The molecule has 2 amide bonds. The number of nitrogens with zero attached hydrogens (tertiary/aromatic N) is 2. The van der Waals surface area contributed by atoms with E-state index in [1.165, 1.54) is 17.4 Å². The third-order valence-corrected chi connectivity index (χ3v) is 8.03. The van der Waals surface area contributed by atoms with E-state index < -0.39 is 0 Å². The van der Waals surface area contributed by atoms with Crippen LogP contribution in [0, 0.1) is 0 Å². The molecule has 0 aliphatic heterocycles.